The molecule has 0 N–H and O–H groups in total. The van der Waals surface area contributed by atoms with Crippen LogP contribution in [0.25, 0.3) is 0 Å². The molecule has 25 heavy (non-hydrogen) atoms. The summed E-state index contributed by atoms with van der Waals surface area (Å²) in [4.78, 5) is 14.7. The Hall–Kier alpha value is -2.04. The third-order valence-corrected chi connectivity index (χ3v) is 4.56. The number of hydrogen-bond donors (Lipinski definition) is 0. The Balaban J connectivity index is 0.00000225. The summed E-state index contributed by atoms with van der Waals surface area (Å²) in [5, 5.41) is 0. The first kappa shape index (κ1) is 19.3. The van der Waals surface area contributed by atoms with Crippen LogP contribution in [-0.2, 0) is 16.8 Å². The highest BCUT2D eigenvalue weighted by Gasteiger charge is 2.43. The van der Waals surface area contributed by atoms with Gasteiger partial charge in [0.15, 0.2) is 0 Å². The first-order valence-corrected chi connectivity index (χ1v) is 8.15. The molecule has 2 aromatic carbocycles. The molecule has 1 aliphatic heterocycles. The van der Waals surface area contributed by atoms with Crippen molar-refractivity contribution in [2.75, 3.05) is 27.7 Å². The molecule has 134 valence electrons. The highest BCUT2D eigenvalue weighted by atomic mass is 35.5. The normalized spacial score (nSPS) is 19.0. The topological polar surface area (TPSA) is 38.8 Å². The fourth-order valence-corrected chi connectivity index (χ4v) is 3.30. The second-order valence-corrected chi connectivity index (χ2v) is 6.47. The van der Waals surface area contributed by atoms with Gasteiger partial charge in [-0.3, -0.25) is 0 Å². The lowest BCUT2D eigenvalue weighted by molar-refractivity contribution is -0.0364. The Labute approximate surface area is 155 Å². The summed E-state index contributed by atoms with van der Waals surface area (Å²) in [6.07, 6.45) is 1.36. The number of halogens is 1. The molecule has 0 spiro atoms. The van der Waals surface area contributed by atoms with Gasteiger partial charge in [0.1, 0.15) is 11.4 Å². The lowest BCUT2D eigenvalue weighted by Crippen LogP contribution is -2.41. The van der Waals surface area contributed by atoms with E-state index in [0.29, 0.717) is 18.4 Å². The first-order valence-electron chi connectivity index (χ1n) is 8.15. The Morgan fingerprint density at radius 3 is 2.52 bits per heavy atom. The van der Waals surface area contributed by atoms with Crippen LogP contribution in [0, 0.1) is 0 Å². The van der Waals surface area contributed by atoms with Crippen LogP contribution in [-0.4, -0.2) is 38.6 Å². The largest absolute Gasteiger partial charge is 0.496 e. The highest BCUT2D eigenvalue weighted by molar-refractivity contribution is 5.92. The molecule has 0 saturated heterocycles. The molecule has 0 aliphatic carbocycles. The number of esters is 1. The molecule has 0 aromatic heterocycles. The van der Waals surface area contributed by atoms with Crippen LogP contribution in [0.15, 0.2) is 48.5 Å². The smallest absolute Gasteiger partial charge is 0.339 e. The predicted octanol–water partition coefficient (Wildman–Crippen LogP) is 3.68. The van der Waals surface area contributed by atoms with E-state index in [2.05, 4.69) is 4.90 Å². The van der Waals surface area contributed by atoms with Crippen molar-refractivity contribution in [2.45, 2.75) is 18.4 Å². The van der Waals surface area contributed by atoms with Crippen LogP contribution in [0.4, 0.5) is 0 Å². The van der Waals surface area contributed by atoms with Gasteiger partial charge >= 0.3 is 5.97 Å². The molecule has 1 aliphatic rings. The monoisotopic (exact) mass is 361 g/mol. The van der Waals surface area contributed by atoms with Gasteiger partial charge in [-0.25, -0.2) is 4.79 Å². The third kappa shape index (κ3) is 3.80. The number of fused-ring (bicyclic) bond motifs is 1. The molecule has 5 heteroatoms. The number of para-hydroxylation sites is 1. The number of rotatable bonds is 5. The van der Waals surface area contributed by atoms with Crippen LogP contribution in [0.1, 0.15) is 27.9 Å². The van der Waals surface area contributed by atoms with Crippen LogP contribution in [0.3, 0.4) is 0 Å². The zero-order chi connectivity index (χ0) is 17.2. The summed E-state index contributed by atoms with van der Waals surface area (Å²) in [6, 6.07) is 15.5. The van der Waals surface area contributed by atoms with Gasteiger partial charge in [0.25, 0.3) is 0 Å². The van der Waals surface area contributed by atoms with Crippen molar-refractivity contribution in [3.63, 3.8) is 0 Å². The first-order chi connectivity index (χ1) is 11.6. The number of nitrogens with zero attached hydrogens (tertiary/aromatic N) is 1. The van der Waals surface area contributed by atoms with Gasteiger partial charge in [-0.2, -0.15) is 0 Å². The molecule has 0 bridgehead atoms. The van der Waals surface area contributed by atoms with Gasteiger partial charge in [-0.15, -0.1) is 12.4 Å². The lowest BCUT2D eigenvalue weighted by atomic mass is 9.80. The van der Waals surface area contributed by atoms with Crippen molar-refractivity contribution in [1.29, 1.82) is 0 Å². The molecule has 2 aromatic rings. The average Bonchev–Trinajstić information content (AvgIpc) is 2.60. The maximum Gasteiger partial charge on any atom is 0.339 e. The molecule has 0 saturated carbocycles. The zero-order valence-corrected chi connectivity index (χ0v) is 15.6. The fraction of sp³-hybridized carbons (Fsp3) is 0.350. The molecule has 3 rings (SSSR count). The number of hydrogen-bond acceptors (Lipinski definition) is 4. The van der Waals surface area contributed by atoms with Crippen LogP contribution in [0.2, 0.25) is 0 Å². The molecule has 4 nitrogen and oxygen atoms in total. The number of methoxy groups -OCH3 is 1. The van der Waals surface area contributed by atoms with E-state index in [1.54, 1.807) is 7.11 Å². The Kier molecular flexibility index (Phi) is 6.09. The van der Waals surface area contributed by atoms with Gasteiger partial charge in [0.2, 0.25) is 0 Å². The average molecular weight is 362 g/mol. The predicted molar refractivity (Wildman–Crippen MR) is 101 cm³/mol. The minimum Gasteiger partial charge on any atom is -0.496 e. The molecule has 0 radical (unpaired) electrons. The molecular weight excluding hydrogens is 338 g/mol. The standard InChI is InChI=1S/C20H23NO3.ClH/c1-21(2)13-12-20(17-10-6-7-11-18(17)23-3)14-15-8-4-5-9-16(15)19(22)24-20;/h4-11H,12-14H2,1-3H3;1H. The SMILES string of the molecule is COc1ccccc1C1(CCN(C)C)Cc2ccccc2C(=O)O1.Cl. The van der Waals surface area contributed by atoms with Crippen molar-refractivity contribution >= 4 is 18.4 Å². The van der Waals surface area contributed by atoms with Gasteiger partial charge < -0.3 is 14.4 Å². The van der Waals surface area contributed by atoms with E-state index in [0.717, 1.165) is 23.4 Å². The van der Waals surface area contributed by atoms with Gasteiger partial charge in [-0.1, -0.05) is 36.4 Å². The van der Waals surface area contributed by atoms with Crippen molar-refractivity contribution in [3.8, 4) is 5.75 Å². The van der Waals surface area contributed by atoms with E-state index in [1.165, 1.54) is 0 Å². The van der Waals surface area contributed by atoms with E-state index in [4.69, 9.17) is 9.47 Å². The molecular formula is C20H24ClNO3. The summed E-state index contributed by atoms with van der Waals surface area (Å²) in [7, 11) is 5.69. The summed E-state index contributed by atoms with van der Waals surface area (Å²) in [6.45, 7) is 0.813. The molecule has 1 heterocycles. The van der Waals surface area contributed by atoms with Crippen molar-refractivity contribution in [2.24, 2.45) is 0 Å². The Morgan fingerprint density at radius 1 is 1.12 bits per heavy atom. The number of carbonyl (C=O) groups excluding carboxylic acids is 1. The van der Waals surface area contributed by atoms with E-state index in [1.807, 2.05) is 62.6 Å². The van der Waals surface area contributed by atoms with E-state index in [-0.39, 0.29) is 18.4 Å². The minimum absolute atomic E-state index is 0. The number of benzene rings is 2. The number of carbonyl (C=O) groups is 1. The Bertz CT molecular complexity index is 747. The van der Waals surface area contributed by atoms with Gasteiger partial charge in [0, 0.05) is 24.9 Å². The third-order valence-electron chi connectivity index (χ3n) is 4.56. The van der Waals surface area contributed by atoms with Crippen LogP contribution >= 0.6 is 12.4 Å². The molecule has 0 amide bonds. The summed E-state index contributed by atoms with van der Waals surface area (Å²) in [5.41, 5.74) is 1.91. The lowest BCUT2D eigenvalue weighted by Gasteiger charge is -2.39. The van der Waals surface area contributed by atoms with Crippen molar-refractivity contribution in [3.05, 3.63) is 65.2 Å². The highest BCUT2D eigenvalue weighted by Crippen LogP contribution is 2.42. The van der Waals surface area contributed by atoms with Gasteiger partial charge in [0.05, 0.1) is 12.7 Å². The fourth-order valence-electron chi connectivity index (χ4n) is 3.30. The van der Waals surface area contributed by atoms with Crippen molar-refractivity contribution < 1.29 is 14.3 Å². The summed E-state index contributed by atoms with van der Waals surface area (Å²) < 4.78 is 11.6. The zero-order valence-electron chi connectivity index (χ0n) is 14.8. The molecule has 1 atom stereocenters. The van der Waals surface area contributed by atoms with Crippen molar-refractivity contribution in [1.82, 2.24) is 4.90 Å². The summed E-state index contributed by atoms with van der Waals surface area (Å²) >= 11 is 0. The number of cyclic esters (lactones) is 1. The van der Waals surface area contributed by atoms with Gasteiger partial charge in [-0.05, 0) is 31.8 Å². The van der Waals surface area contributed by atoms with Crippen LogP contribution < -0.4 is 4.74 Å². The van der Waals surface area contributed by atoms with Crippen LogP contribution in [0.5, 0.6) is 5.75 Å². The molecule has 1 unspecified atom stereocenters. The minimum atomic E-state index is -0.706. The Morgan fingerprint density at radius 2 is 1.80 bits per heavy atom. The second kappa shape index (κ2) is 7.89. The quantitative estimate of drug-likeness (QED) is 0.761. The van der Waals surface area contributed by atoms with E-state index in [9.17, 15) is 4.79 Å². The van der Waals surface area contributed by atoms with E-state index >= 15 is 0 Å². The maximum absolute atomic E-state index is 12.6. The second-order valence-electron chi connectivity index (χ2n) is 6.47. The summed E-state index contributed by atoms with van der Waals surface area (Å²) in [5.74, 6) is 0.491. The van der Waals surface area contributed by atoms with E-state index < -0.39 is 5.60 Å². The maximum atomic E-state index is 12.6. The molecule has 0 fully saturated rings. The number of ether oxygens (including phenoxy) is 2.